The lowest BCUT2D eigenvalue weighted by atomic mass is 10.0. The van der Waals surface area contributed by atoms with E-state index in [9.17, 15) is 0 Å². The predicted octanol–water partition coefficient (Wildman–Crippen LogP) is 4.34. The first kappa shape index (κ1) is 13.8. The topological polar surface area (TPSA) is 18.5 Å². The van der Waals surface area contributed by atoms with Crippen molar-refractivity contribution >= 4 is 11.6 Å². The average molecular weight is 277 g/mol. The van der Waals surface area contributed by atoms with E-state index < -0.39 is 0 Å². The molecule has 0 heterocycles. The van der Waals surface area contributed by atoms with Crippen LogP contribution in [0.3, 0.4) is 0 Å². The summed E-state index contributed by atoms with van der Waals surface area (Å²) >= 11 is 6.58. The van der Waals surface area contributed by atoms with Crippen LogP contribution in [0.1, 0.15) is 22.1 Å². The number of methoxy groups -OCH3 is 2. The number of aryl methyl sites for hydroxylation is 1. The molecule has 0 saturated heterocycles. The summed E-state index contributed by atoms with van der Waals surface area (Å²) in [7, 11) is 3.28. The molecule has 0 spiro atoms. The Hall–Kier alpha value is -1.67. The van der Waals surface area contributed by atoms with Crippen LogP contribution >= 0.6 is 11.6 Å². The third-order valence-corrected chi connectivity index (χ3v) is 3.53. The maximum absolute atomic E-state index is 6.58. The monoisotopic (exact) mass is 276 g/mol. The van der Waals surface area contributed by atoms with E-state index in [1.807, 2.05) is 30.3 Å². The van der Waals surface area contributed by atoms with Gasteiger partial charge in [-0.05, 0) is 30.7 Å². The summed E-state index contributed by atoms with van der Waals surface area (Å²) in [5.74, 6) is 1.54. The van der Waals surface area contributed by atoms with E-state index in [4.69, 9.17) is 21.1 Å². The molecule has 0 amide bonds. The van der Waals surface area contributed by atoms with Crippen LogP contribution in [0.5, 0.6) is 11.5 Å². The number of halogens is 1. The Bertz CT molecular complexity index is 566. The standard InChI is InChI=1S/C16H17ClO2/c1-11-5-4-6-12(9-11)16(17)14-10-13(18-2)7-8-15(14)19-3/h4-10,16H,1-3H3. The van der Waals surface area contributed by atoms with Crippen LogP contribution in [0.4, 0.5) is 0 Å². The van der Waals surface area contributed by atoms with Gasteiger partial charge in [0, 0.05) is 5.56 Å². The molecule has 0 N–H and O–H groups in total. The molecule has 1 unspecified atom stereocenters. The summed E-state index contributed by atoms with van der Waals surface area (Å²) in [6, 6.07) is 13.8. The zero-order valence-electron chi connectivity index (χ0n) is 11.3. The molecule has 2 aromatic rings. The van der Waals surface area contributed by atoms with Gasteiger partial charge >= 0.3 is 0 Å². The zero-order valence-corrected chi connectivity index (χ0v) is 12.1. The van der Waals surface area contributed by atoms with Gasteiger partial charge in [0.2, 0.25) is 0 Å². The largest absolute Gasteiger partial charge is 0.497 e. The molecule has 0 bridgehead atoms. The van der Waals surface area contributed by atoms with Gasteiger partial charge in [-0.2, -0.15) is 0 Å². The predicted molar refractivity (Wildman–Crippen MR) is 78.4 cm³/mol. The Kier molecular flexibility index (Phi) is 4.33. The average Bonchev–Trinajstić information content (AvgIpc) is 2.45. The van der Waals surface area contributed by atoms with Crippen LogP contribution in [-0.2, 0) is 0 Å². The van der Waals surface area contributed by atoms with E-state index in [1.54, 1.807) is 14.2 Å². The second-order valence-corrected chi connectivity index (χ2v) is 4.82. The SMILES string of the molecule is COc1ccc(OC)c(C(Cl)c2cccc(C)c2)c1. The van der Waals surface area contributed by atoms with Gasteiger partial charge < -0.3 is 9.47 Å². The van der Waals surface area contributed by atoms with Gasteiger partial charge in [-0.15, -0.1) is 11.6 Å². The first-order valence-electron chi connectivity index (χ1n) is 6.08. The summed E-state index contributed by atoms with van der Waals surface area (Å²) in [4.78, 5) is 0. The number of alkyl halides is 1. The molecule has 2 aromatic carbocycles. The minimum Gasteiger partial charge on any atom is -0.497 e. The van der Waals surface area contributed by atoms with E-state index in [0.29, 0.717) is 0 Å². The van der Waals surface area contributed by atoms with Crippen molar-refractivity contribution in [3.63, 3.8) is 0 Å². The second kappa shape index (κ2) is 5.98. The maximum Gasteiger partial charge on any atom is 0.124 e. The molecule has 3 heteroatoms. The fraction of sp³-hybridized carbons (Fsp3) is 0.250. The van der Waals surface area contributed by atoms with Crippen LogP contribution in [0.2, 0.25) is 0 Å². The van der Waals surface area contributed by atoms with Crippen molar-refractivity contribution in [3.05, 3.63) is 59.2 Å². The molecule has 1 atom stereocenters. The minimum atomic E-state index is -0.259. The Morgan fingerprint density at radius 1 is 1.00 bits per heavy atom. The van der Waals surface area contributed by atoms with Crippen LogP contribution in [0, 0.1) is 6.92 Å². The van der Waals surface area contributed by atoms with Crippen molar-refractivity contribution in [3.8, 4) is 11.5 Å². The van der Waals surface area contributed by atoms with Gasteiger partial charge in [-0.25, -0.2) is 0 Å². The summed E-state index contributed by atoms with van der Waals surface area (Å²) in [6.45, 7) is 2.05. The molecule has 2 nitrogen and oxygen atoms in total. The third-order valence-electron chi connectivity index (χ3n) is 3.04. The molecular formula is C16H17ClO2. The minimum absolute atomic E-state index is 0.259. The van der Waals surface area contributed by atoms with Gasteiger partial charge in [0.25, 0.3) is 0 Å². The fourth-order valence-corrected chi connectivity index (χ4v) is 2.35. The lowest BCUT2D eigenvalue weighted by Crippen LogP contribution is -1.98. The number of hydrogen-bond donors (Lipinski definition) is 0. The Morgan fingerprint density at radius 2 is 1.79 bits per heavy atom. The maximum atomic E-state index is 6.58. The van der Waals surface area contributed by atoms with Gasteiger partial charge in [-0.3, -0.25) is 0 Å². The van der Waals surface area contributed by atoms with Crippen LogP contribution in [0.25, 0.3) is 0 Å². The molecule has 0 aliphatic carbocycles. The molecule has 0 fully saturated rings. The quantitative estimate of drug-likeness (QED) is 0.774. The van der Waals surface area contributed by atoms with Gasteiger partial charge in [-0.1, -0.05) is 29.8 Å². The van der Waals surface area contributed by atoms with Crippen molar-refractivity contribution < 1.29 is 9.47 Å². The number of rotatable bonds is 4. The normalized spacial score (nSPS) is 12.0. The first-order chi connectivity index (χ1) is 9.15. The Morgan fingerprint density at radius 3 is 2.42 bits per heavy atom. The van der Waals surface area contributed by atoms with E-state index in [-0.39, 0.29) is 5.38 Å². The summed E-state index contributed by atoms with van der Waals surface area (Å²) in [6.07, 6.45) is 0. The number of hydrogen-bond acceptors (Lipinski definition) is 2. The molecular weight excluding hydrogens is 260 g/mol. The molecule has 0 radical (unpaired) electrons. The van der Waals surface area contributed by atoms with Crippen molar-refractivity contribution in [2.24, 2.45) is 0 Å². The zero-order chi connectivity index (χ0) is 13.8. The van der Waals surface area contributed by atoms with Gasteiger partial charge in [0.1, 0.15) is 11.5 Å². The molecule has 19 heavy (non-hydrogen) atoms. The third kappa shape index (κ3) is 3.02. The highest BCUT2D eigenvalue weighted by atomic mass is 35.5. The van der Waals surface area contributed by atoms with E-state index in [1.165, 1.54) is 5.56 Å². The molecule has 0 aliphatic heterocycles. The fourth-order valence-electron chi connectivity index (χ4n) is 2.04. The number of ether oxygens (including phenoxy) is 2. The lowest BCUT2D eigenvalue weighted by molar-refractivity contribution is 0.399. The van der Waals surface area contributed by atoms with Crippen LogP contribution in [-0.4, -0.2) is 14.2 Å². The molecule has 0 aromatic heterocycles. The van der Waals surface area contributed by atoms with Gasteiger partial charge in [0.15, 0.2) is 0 Å². The van der Waals surface area contributed by atoms with Crippen LogP contribution in [0.15, 0.2) is 42.5 Å². The molecule has 100 valence electrons. The highest BCUT2D eigenvalue weighted by Gasteiger charge is 2.16. The van der Waals surface area contributed by atoms with Crippen molar-refractivity contribution in [2.45, 2.75) is 12.3 Å². The smallest absolute Gasteiger partial charge is 0.124 e. The highest BCUT2D eigenvalue weighted by molar-refractivity contribution is 6.22. The Labute approximate surface area is 118 Å². The Balaban J connectivity index is 2.44. The molecule has 0 aliphatic rings. The van der Waals surface area contributed by atoms with E-state index >= 15 is 0 Å². The molecule has 0 saturated carbocycles. The number of benzene rings is 2. The van der Waals surface area contributed by atoms with Crippen LogP contribution < -0.4 is 9.47 Å². The van der Waals surface area contributed by atoms with E-state index in [0.717, 1.165) is 22.6 Å². The van der Waals surface area contributed by atoms with E-state index in [2.05, 4.69) is 19.1 Å². The van der Waals surface area contributed by atoms with Crippen molar-refractivity contribution in [2.75, 3.05) is 14.2 Å². The second-order valence-electron chi connectivity index (χ2n) is 4.38. The first-order valence-corrected chi connectivity index (χ1v) is 6.52. The summed E-state index contributed by atoms with van der Waals surface area (Å²) < 4.78 is 10.6. The highest BCUT2D eigenvalue weighted by Crippen LogP contribution is 2.37. The van der Waals surface area contributed by atoms with Crippen molar-refractivity contribution in [1.29, 1.82) is 0 Å². The summed E-state index contributed by atoms with van der Waals surface area (Å²) in [5.41, 5.74) is 3.15. The van der Waals surface area contributed by atoms with Gasteiger partial charge in [0.05, 0.1) is 19.6 Å². The van der Waals surface area contributed by atoms with Crippen molar-refractivity contribution in [1.82, 2.24) is 0 Å². The summed E-state index contributed by atoms with van der Waals surface area (Å²) in [5, 5.41) is -0.259. The molecule has 2 rings (SSSR count). The lowest BCUT2D eigenvalue weighted by Gasteiger charge is -2.16.